The molecule has 0 radical (unpaired) electrons. The largest absolute Gasteiger partial charge is 0.495 e. The lowest BCUT2D eigenvalue weighted by molar-refractivity contribution is -0.122. The first kappa shape index (κ1) is 21.9. The van der Waals surface area contributed by atoms with Crippen LogP contribution in [0.25, 0.3) is 0 Å². The molecule has 28 heavy (non-hydrogen) atoms. The number of nitrogens with zero attached hydrogens (tertiary/aromatic N) is 2. The summed E-state index contributed by atoms with van der Waals surface area (Å²) in [6.45, 7) is 7.89. The monoisotopic (exact) mass is 415 g/mol. The van der Waals surface area contributed by atoms with Crippen molar-refractivity contribution in [2.24, 2.45) is 0 Å². The van der Waals surface area contributed by atoms with E-state index in [1.165, 1.54) is 4.90 Å². The number of hydrogen-bond acceptors (Lipinski definition) is 6. The van der Waals surface area contributed by atoms with Crippen molar-refractivity contribution in [3.05, 3.63) is 65.3 Å². The number of thioether (sulfide) groups is 1. The fourth-order valence-electron chi connectivity index (χ4n) is 2.70. The molecule has 0 saturated carbocycles. The van der Waals surface area contributed by atoms with Crippen LogP contribution in [0.1, 0.15) is 13.8 Å². The van der Waals surface area contributed by atoms with Crippen molar-refractivity contribution in [2.75, 3.05) is 25.6 Å². The summed E-state index contributed by atoms with van der Waals surface area (Å²) in [5, 5.41) is 8.47. The number of ether oxygens (including phenoxy) is 1. The Balaban J connectivity index is 2.37. The summed E-state index contributed by atoms with van der Waals surface area (Å²) in [6.07, 6.45) is 7.39. The smallest absolute Gasteiger partial charge is 0.268 e. The van der Waals surface area contributed by atoms with Gasteiger partial charge in [-0.15, -0.1) is 12.6 Å². The number of amidine groups is 1. The molecule has 7 heteroatoms. The van der Waals surface area contributed by atoms with E-state index in [9.17, 15) is 4.79 Å². The second-order valence-corrected chi connectivity index (χ2v) is 7.55. The van der Waals surface area contributed by atoms with E-state index in [-0.39, 0.29) is 11.1 Å². The third-order valence-corrected chi connectivity index (χ3v) is 5.80. The molecular formula is C21H25N3O2S2. The molecule has 0 spiro atoms. The summed E-state index contributed by atoms with van der Waals surface area (Å²) in [7, 11) is 3.46. The summed E-state index contributed by atoms with van der Waals surface area (Å²) < 4.78 is 5.45. The minimum absolute atomic E-state index is 0.191. The number of allylic oxidation sites excluding steroid dienone is 4. The van der Waals surface area contributed by atoms with E-state index < -0.39 is 0 Å². The molecule has 1 fully saturated rings. The highest BCUT2D eigenvalue weighted by molar-refractivity contribution is 8.18. The van der Waals surface area contributed by atoms with Gasteiger partial charge in [-0.1, -0.05) is 36.9 Å². The Bertz CT molecular complexity index is 888. The molecule has 0 aliphatic carbocycles. The highest BCUT2D eigenvalue weighted by atomic mass is 32.2. The van der Waals surface area contributed by atoms with Gasteiger partial charge in [0.05, 0.1) is 24.2 Å². The fraction of sp³-hybridized carbons (Fsp3) is 0.238. The van der Waals surface area contributed by atoms with Crippen LogP contribution in [-0.2, 0) is 4.79 Å². The lowest BCUT2D eigenvalue weighted by Crippen LogP contribution is -2.31. The first-order chi connectivity index (χ1) is 13.3. The van der Waals surface area contributed by atoms with Gasteiger partial charge in [-0.2, -0.15) is 0 Å². The van der Waals surface area contributed by atoms with Gasteiger partial charge in [0.1, 0.15) is 5.75 Å². The van der Waals surface area contributed by atoms with Gasteiger partial charge in [0.2, 0.25) is 0 Å². The minimum Gasteiger partial charge on any atom is -0.495 e. The van der Waals surface area contributed by atoms with Crippen molar-refractivity contribution < 1.29 is 9.53 Å². The zero-order valence-electron chi connectivity index (χ0n) is 16.5. The van der Waals surface area contributed by atoms with Gasteiger partial charge < -0.3 is 9.64 Å². The van der Waals surface area contributed by atoms with Gasteiger partial charge >= 0.3 is 0 Å². The van der Waals surface area contributed by atoms with Crippen LogP contribution in [0.2, 0.25) is 0 Å². The van der Waals surface area contributed by atoms with Crippen LogP contribution in [0.4, 0.5) is 5.69 Å². The molecule has 1 aromatic rings. The van der Waals surface area contributed by atoms with Gasteiger partial charge in [-0.05, 0) is 43.3 Å². The Morgan fingerprint density at radius 1 is 1.46 bits per heavy atom. The van der Waals surface area contributed by atoms with Crippen molar-refractivity contribution in [2.45, 2.75) is 18.7 Å². The van der Waals surface area contributed by atoms with Crippen LogP contribution in [0.3, 0.4) is 0 Å². The van der Waals surface area contributed by atoms with Crippen molar-refractivity contribution >= 4 is 41.2 Å². The topological polar surface area (TPSA) is 56.6 Å². The number of anilines is 1. The van der Waals surface area contributed by atoms with Crippen molar-refractivity contribution in [3.8, 4) is 5.75 Å². The molecule has 0 unspecified atom stereocenters. The minimum atomic E-state index is -0.191. The first-order valence-electron chi connectivity index (χ1n) is 8.68. The van der Waals surface area contributed by atoms with E-state index >= 15 is 0 Å². The molecule has 1 aliphatic heterocycles. The second kappa shape index (κ2) is 9.71. The highest BCUT2D eigenvalue weighted by Gasteiger charge is 2.35. The summed E-state index contributed by atoms with van der Waals surface area (Å²) in [6, 6.07) is 5.58. The van der Waals surface area contributed by atoms with Crippen molar-refractivity contribution in [3.63, 3.8) is 0 Å². The number of thiol groups is 1. The highest BCUT2D eigenvalue weighted by Crippen LogP contribution is 2.39. The van der Waals surface area contributed by atoms with E-state index in [0.717, 1.165) is 33.6 Å². The number of benzene rings is 1. The van der Waals surface area contributed by atoms with Crippen LogP contribution in [-0.4, -0.2) is 36.7 Å². The van der Waals surface area contributed by atoms with E-state index in [1.807, 2.05) is 62.2 Å². The third-order valence-electron chi connectivity index (χ3n) is 4.35. The number of nitrogens with one attached hydrogen (secondary N) is 1. The fourth-order valence-corrected chi connectivity index (χ4v) is 3.98. The second-order valence-electron chi connectivity index (χ2n) is 6.07. The number of carbonyl (C=O) groups excluding carboxylic acids is 1. The van der Waals surface area contributed by atoms with Crippen LogP contribution >= 0.6 is 24.4 Å². The van der Waals surface area contributed by atoms with E-state index in [4.69, 9.17) is 10.1 Å². The van der Waals surface area contributed by atoms with Gasteiger partial charge in [0.15, 0.2) is 5.17 Å². The van der Waals surface area contributed by atoms with Crippen molar-refractivity contribution in [1.29, 1.82) is 5.41 Å². The van der Waals surface area contributed by atoms with Crippen LogP contribution in [0.15, 0.2) is 70.2 Å². The maximum atomic E-state index is 13.0. The Morgan fingerprint density at radius 3 is 2.79 bits per heavy atom. The number of carbonyl (C=O) groups is 1. The van der Waals surface area contributed by atoms with Gasteiger partial charge in [-0.3, -0.25) is 15.1 Å². The quantitative estimate of drug-likeness (QED) is 0.380. The molecular weight excluding hydrogens is 390 g/mol. The first-order valence-corrected chi connectivity index (χ1v) is 9.95. The summed E-state index contributed by atoms with van der Waals surface area (Å²) in [4.78, 5) is 17.6. The molecule has 1 amide bonds. The zero-order valence-corrected chi connectivity index (χ0v) is 18.2. The molecule has 0 bridgehead atoms. The van der Waals surface area contributed by atoms with Crippen molar-refractivity contribution in [1.82, 2.24) is 4.90 Å². The third kappa shape index (κ3) is 4.54. The molecule has 1 heterocycles. The molecule has 1 saturated heterocycles. The number of hydrogen-bond donors (Lipinski definition) is 2. The number of para-hydroxylation sites is 1. The maximum Gasteiger partial charge on any atom is 0.268 e. The van der Waals surface area contributed by atoms with Gasteiger partial charge in [0, 0.05) is 17.6 Å². The predicted molar refractivity (Wildman–Crippen MR) is 121 cm³/mol. The SMILES string of the molecule is C=C/C(=C\C=C/C)CN1C(=N)S/C(=C(\C)N(C)c2c(S)cccc2OC)C1=O. The maximum absolute atomic E-state index is 13.0. The van der Waals surface area contributed by atoms with Gasteiger partial charge in [0.25, 0.3) is 5.91 Å². The average Bonchev–Trinajstić information content (AvgIpc) is 2.97. The molecule has 2 rings (SSSR count). The van der Waals surface area contributed by atoms with Crippen LogP contribution < -0.4 is 9.64 Å². The lowest BCUT2D eigenvalue weighted by atomic mass is 10.2. The number of methoxy groups -OCH3 is 1. The predicted octanol–water partition coefficient (Wildman–Crippen LogP) is 4.85. The Kier molecular flexibility index (Phi) is 7.60. The zero-order chi connectivity index (χ0) is 20.8. The van der Waals surface area contributed by atoms with Crippen LogP contribution in [0.5, 0.6) is 5.75 Å². The van der Waals surface area contributed by atoms with E-state index in [2.05, 4.69) is 19.2 Å². The van der Waals surface area contributed by atoms with E-state index in [1.54, 1.807) is 13.2 Å². The Hall–Kier alpha value is -2.38. The molecule has 1 N–H and O–H groups in total. The summed E-state index contributed by atoms with van der Waals surface area (Å²) in [5.74, 6) is 0.476. The van der Waals surface area contributed by atoms with Gasteiger partial charge in [-0.25, -0.2) is 0 Å². The molecule has 0 atom stereocenters. The molecule has 148 valence electrons. The van der Waals surface area contributed by atoms with Crippen LogP contribution in [0, 0.1) is 5.41 Å². The average molecular weight is 416 g/mol. The normalized spacial score (nSPS) is 16.8. The summed E-state index contributed by atoms with van der Waals surface area (Å²) in [5.41, 5.74) is 2.38. The van der Waals surface area contributed by atoms with E-state index in [0.29, 0.717) is 17.2 Å². The number of amides is 1. The standard InChI is InChI=1S/C21H25N3O2S2/c1-6-8-10-15(7-2)13-24-20(25)19(28-21(24)22)14(3)23(4)18-16(26-5)11-9-12-17(18)27/h6-12,22,27H,2,13H2,1,3-5H3/b8-6-,15-10+,19-14+,22-21?. The molecule has 1 aromatic carbocycles. The Morgan fingerprint density at radius 2 is 2.18 bits per heavy atom. The molecule has 5 nitrogen and oxygen atoms in total. The molecule has 0 aromatic heterocycles. The lowest BCUT2D eigenvalue weighted by Gasteiger charge is -2.25. The Labute approximate surface area is 176 Å². The molecule has 1 aliphatic rings. The number of rotatable bonds is 7. The summed E-state index contributed by atoms with van der Waals surface area (Å²) >= 11 is 5.69.